The largest absolute Gasteiger partial charge is 0.493 e. The summed E-state index contributed by atoms with van der Waals surface area (Å²) in [6.07, 6.45) is 2.40. The van der Waals surface area contributed by atoms with Crippen LogP contribution in [0, 0.1) is 0 Å². The quantitative estimate of drug-likeness (QED) is 0.824. The molecule has 1 aromatic rings. The second-order valence-electron chi connectivity index (χ2n) is 6.21. The second kappa shape index (κ2) is 6.15. The number of hydrogen-bond acceptors (Lipinski definition) is 3. The highest BCUT2D eigenvalue weighted by atomic mass is 16.5. The standard InChI is InChI=1S/C17H26N2O/c1-14(2)18-9-5-10-19(12-11-18)16-8-13-20-17-7-4-3-6-15(16)17/h3-4,6-7,14,16H,5,8-13H2,1-2H3/t16-/m1/s1. The summed E-state index contributed by atoms with van der Waals surface area (Å²) in [4.78, 5) is 5.27. The third-order valence-corrected chi connectivity index (χ3v) is 4.66. The number of benzene rings is 1. The maximum atomic E-state index is 5.80. The molecule has 2 heterocycles. The van der Waals surface area contributed by atoms with E-state index in [0.717, 1.165) is 18.8 Å². The van der Waals surface area contributed by atoms with Crippen molar-refractivity contribution in [1.82, 2.24) is 9.80 Å². The number of nitrogens with zero attached hydrogens (tertiary/aromatic N) is 2. The van der Waals surface area contributed by atoms with E-state index in [4.69, 9.17) is 4.74 Å². The van der Waals surface area contributed by atoms with Crippen LogP contribution < -0.4 is 4.74 Å². The van der Waals surface area contributed by atoms with Crippen molar-refractivity contribution in [3.63, 3.8) is 0 Å². The molecule has 0 aliphatic carbocycles. The monoisotopic (exact) mass is 274 g/mol. The maximum Gasteiger partial charge on any atom is 0.124 e. The Hall–Kier alpha value is -1.06. The summed E-state index contributed by atoms with van der Waals surface area (Å²) in [7, 11) is 0. The van der Waals surface area contributed by atoms with Gasteiger partial charge in [0.05, 0.1) is 6.61 Å². The summed E-state index contributed by atoms with van der Waals surface area (Å²) in [5, 5.41) is 0. The van der Waals surface area contributed by atoms with Crippen LogP contribution in [0.3, 0.4) is 0 Å². The maximum absolute atomic E-state index is 5.80. The molecule has 110 valence electrons. The summed E-state index contributed by atoms with van der Waals surface area (Å²) < 4.78 is 5.80. The molecule has 1 saturated heterocycles. The molecule has 0 amide bonds. The lowest BCUT2D eigenvalue weighted by Crippen LogP contribution is -2.37. The first kappa shape index (κ1) is 13.9. The van der Waals surface area contributed by atoms with Crippen molar-refractivity contribution in [3.8, 4) is 5.75 Å². The molecule has 1 atom stereocenters. The highest BCUT2D eigenvalue weighted by Crippen LogP contribution is 2.36. The lowest BCUT2D eigenvalue weighted by molar-refractivity contribution is 0.140. The van der Waals surface area contributed by atoms with Crippen LogP contribution >= 0.6 is 0 Å². The SMILES string of the molecule is CC(C)N1CCCN([C@@H]2CCOc3ccccc32)CC1. The van der Waals surface area contributed by atoms with Crippen LogP contribution in [0.4, 0.5) is 0 Å². The molecule has 0 aromatic heterocycles. The molecule has 1 fully saturated rings. The molecule has 1 aromatic carbocycles. The van der Waals surface area contributed by atoms with Gasteiger partial charge in [-0.1, -0.05) is 18.2 Å². The zero-order valence-corrected chi connectivity index (χ0v) is 12.7. The Balaban J connectivity index is 1.74. The van der Waals surface area contributed by atoms with E-state index in [9.17, 15) is 0 Å². The van der Waals surface area contributed by atoms with Crippen LogP contribution in [0.25, 0.3) is 0 Å². The molecule has 0 saturated carbocycles. The molecule has 20 heavy (non-hydrogen) atoms. The lowest BCUT2D eigenvalue weighted by Gasteiger charge is -2.35. The minimum atomic E-state index is 0.548. The molecule has 3 nitrogen and oxygen atoms in total. The van der Waals surface area contributed by atoms with Crippen molar-refractivity contribution in [1.29, 1.82) is 0 Å². The van der Waals surface area contributed by atoms with Gasteiger partial charge in [0.1, 0.15) is 5.75 Å². The van der Waals surface area contributed by atoms with Crippen LogP contribution in [0.15, 0.2) is 24.3 Å². The number of hydrogen-bond donors (Lipinski definition) is 0. The van der Waals surface area contributed by atoms with E-state index in [0.29, 0.717) is 12.1 Å². The van der Waals surface area contributed by atoms with Gasteiger partial charge >= 0.3 is 0 Å². The summed E-state index contributed by atoms with van der Waals surface area (Å²) in [6.45, 7) is 10.3. The number of rotatable bonds is 2. The molecule has 2 aliphatic rings. The van der Waals surface area contributed by atoms with E-state index in [2.05, 4.69) is 47.9 Å². The van der Waals surface area contributed by atoms with Crippen molar-refractivity contribution >= 4 is 0 Å². The van der Waals surface area contributed by atoms with Gasteiger partial charge in [0.25, 0.3) is 0 Å². The van der Waals surface area contributed by atoms with Crippen LogP contribution in [0.5, 0.6) is 5.75 Å². The topological polar surface area (TPSA) is 15.7 Å². The predicted octanol–water partition coefficient (Wildman–Crippen LogP) is 2.93. The van der Waals surface area contributed by atoms with Crippen molar-refractivity contribution < 1.29 is 4.74 Å². The molecule has 0 N–H and O–H groups in total. The van der Waals surface area contributed by atoms with Crippen LogP contribution in [-0.4, -0.2) is 48.6 Å². The summed E-state index contributed by atoms with van der Waals surface area (Å²) in [5.74, 6) is 1.09. The second-order valence-corrected chi connectivity index (χ2v) is 6.21. The highest BCUT2D eigenvalue weighted by Gasteiger charge is 2.28. The Bertz CT molecular complexity index is 446. The Morgan fingerprint density at radius 3 is 2.80 bits per heavy atom. The average molecular weight is 274 g/mol. The van der Waals surface area contributed by atoms with Crippen molar-refractivity contribution in [2.24, 2.45) is 0 Å². The smallest absolute Gasteiger partial charge is 0.124 e. The first-order valence-corrected chi connectivity index (χ1v) is 7.95. The molecule has 2 aliphatic heterocycles. The van der Waals surface area contributed by atoms with E-state index in [1.165, 1.54) is 38.2 Å². The zero-order chi connectivity index (χ0) is 13.9. The van der Waals surface area contributed by atoms with E-state index in [1.54, 1.807) is 0 Å². The summed E-state index contributed by atoms with van der Waals surface area (Å²) in [6, 6.07) is 9.77. The van der Waals surface area contributed by atoms with Crippen molar-refractivity contribution in [2.75, 3.05) is 32.8 Å². The van der Waals surface area contributed by atoms with Gasteiger partial charge in [-0.25, -0.2) is 0 Å². The Morgan fingerprint density at radius 2 is 1.95 bits per heavy atom. The van der Waals surface area contributed by atoms with E-state index in [-0.39, 0.29) is 0 Å². The zero-order valence-electron chi connectivity index (χ0n) is 12.7. The molecular weight excluding hydrogens is 248 g/mol. The van der Waals surface area contributed by atoms with E-state index in [1.807, 2.05) is 0 Å². The Morgan fingerprint density at radius 1 is 1.10 bits per heavy atom. The molecule has 0 radical (unpaired) electrons. The predicted molar refractivity (Wildman–Crippen MR) is 82.2 cm³/mol. The molecule has 0 unspecified atom stereocenters. The van der Waals surface area contributed by atoms with Gasteiger partial charge < -0.3 is 4.74 Å². The van der Waals surface area contributed by atoms with E-state index >= 15 is 0 Å². The molecule has 3 rings (SSSR count). The van der Waals surface area contributed by atoms with Crippen molar-refractivity contribution in [2.45, 2.75) is 38.8 Å². The van der Waals surface area contributed by atoms with Gasteiger partial charge in [0.2, 0.25) is 0 Å². The van der Waals surface area contributed by atoms with Crippen LogP contribution in [0.1, 0.15) is 38.3 Å². The molecule has 0 spiro atoms. The fourth-order valence-corrected chi connectivity index (χ4v) is 3.49. The average Bonchev–Trinajstić information content (AvgIpc) is 2.72. The number of ether oxygens (including phenoxy) is 1. The lowest BCUT2D eigenvalue weighted by atomic mass is 9.99. The van der Waals surface area contributed by atoms with Gasteiger partial charge in [-0.2, -0.15) is 0 Å². The van der Waals surface area contributed by atoms with Crippen LogP contribution in [-0.2, 0) is 0 Å². The fraction of sp³-hybridized carbons (Fsp3) is 0.647. The van der Waals surface area contributed by atoms with Gasteiger partial charge in [-0.15, -0.1) is 0 Å². The van der Waals surface area contributed by atoms with Gasteiger partial charge in [-0.3, -0.25) is 9.80 Å². The Labute approximate surface area is 122 Å². The van der Waals surface area contributed by atoms with Gasteiger partial charge in [0.15, 0.2) is 0 Å². The number of fused-ring (bicyclic) bond motifs is 1. The minimum Gasteiger partial charge on any atom is -0.493 e. The third-order valence-electron chi connectivity index (χ3n) is 4.66. The van der Waals surface area contributed by atoms with Gasteiger partial charge in [-0.05, 0) is 32.9 Å². The highest BCUT2D eigenvalue weighted by molar-refractivity contribution is 5.37. The first-order chi connectivity index (χ1) is 9.75. The third kappa shape index (κ3) is 2.84. The van der Waals surface area contributed by atoms with Gasteiger partial charge in [0, 0.05) is 43.7 Å². The number of para-hydroxylation sites is 1. The summed E-state index contributed by atoms with van der Waals surface area (Å²) in [5.41, 5.74) is 1.39. The molecular formula is C17H26N2O. The van der Waals surface area contributed by atoms with E-state index < -0.39 is 0 Å². The van der Waals surface area contributed by atoms with Crippen LogP contribution in [0.2, 0.25) is 0 Å². The summed E-state index contributed by atoms with van der Waals surface area (Å²) >= 11 is 0. The molecule has 3 heteroatoms. The molecule has 0 bridgehead atoms. The van der Waals surface area contributed by atoms with Crippen molar-refractivity contribution in [3.05, 3.63) is 29.8 Å². The minimum absolute atomic E-state index is 0.548. The first-order valence-electron chi connectivity index (χ1n) is 7.95. The fourth-order valence-electron chi connectivity index (χ4n) is 3.49. The Kier molecular flexibility index (Phi) is 4.27. The normalized spacial score (nSPS) is 25.1.